The molecule has 10 heteroatoms. The molecule has 7 nitrogen and oxygen atoms in total. The van der Waals surface area contributed by atoms with Crippen molar-refractivity contribution in [3.63, 3.8) is 0 Å². The molecule has 1 saturated heterocycles. The first-order valence-corrected chi connectivity index (χ1v) is 14.8. The summed E-state index contributed by atoms with van der Waals surface area (Å²) in [4.78, 5) is 14.8. The van der Waals surface area contributed by atoms with E-state index in [1.807, 2.05) is 12.1 Å². The summed E-state index contributed by atoms with van der Waals surface area (Å²) in [5.41, 5.74) is 2.17. The van der Waals surface area contributed by atoms with Crippen molar-refractivity contribution < 1.29 is 17.9 Å². The predicted molar refractivity (Wildman–Crippen MR) is 162 cm³/mol. The molecule has 0 radical (unpaired) electrons. The summed E-state index contributed by atoms with van der Waals surface area (Å²) in [5.74, 6) is 0.840. The summed E-state index contributed by atoms with van der Waals surface area (Å²) in [5, 5.41) is 3.86. The Bertz CT molecular complexity index is 1300. The topological polar surface area (TPSA) is 87.7 Å². The van der Waals surface area contributed by atoms with Crippen LogP contribution in [-0.4, -0.2) is 57.5 Å². The van der Waals surface area contributed by atoms with Gasteiger partial charge in [0.05, 0.1) is 11.3 Å². The lowest BCUT2D eigenvalue weighted by atomic mass is 10.0. The molecule has 2 aliphatic rings. The molecular formula is C30H37Cl2N3O4S. The minimum atomic E-state index is -3.86. The van der Waals surface area contributed by atoms with Crippen molar-refractivity contribution >= 4 is 40.7 Å². The molecule has 0 spiro atoms. The third-order valence-electron chi connectivity index (χ3n) is 7.32. The van der Waals surface area contributed by atoms with Gasteiger partial charge in [-0.25, -0.2) is 13.1 Å². The van der Waals surface area contributed by atoms with Crippen molar-refractivity contribution in [3.05, 3.63) is 96.1 Å². The van der Waals surface area contributed by atoms with Gasteiger partial charge in [0.25, 0.3) is 10.0 Å². The van der Waals surface area contributed by atoms with Gasteiger partial charge in [-0.1, -0.05) is 60.7 Å². The molecule has 0 aromatic heterocycles. The normalized spacial score (nSPS) is 19.1. The summed E-state index contributed by atoms with van der Waals surface area (Å²) in [6.45, 7) is 3.63. The molecule has 2 atom stereocenters. The van der Waals surface area contributed by atoms with Gasteiger partial charge in [-0.05, 0) is 67.7 Å². The lowest BCUT2D eigenvalue weighted by Gasteiger charge is -2.32. The summed E-state index contributed by atoms with van der Waals surface area (Å²) >= 11 is 0. The average Bonchev–Trinajstić information content (AvgIpc) is 3.70. The molecule has 0 bridgehead atoms. The zero-order chi connectivity index (χ0) is 26.4. The maximum atomic E-state index is 12.3. The maximum Gasteiger partial charge on any atom is 0.264 e. The largest absolute Gasteiger partial charge is 0.492 e. The number of carbonyl (C=O) groups excluding carboxylic acids is 1. The molecule has 216 valence electrons. The highest BCUT2D eigenvalue weighted by atomic mass is 35.5. The van der Waals surface area contributed by atoms with Crippen LogP contribution in [0.15, 0.2) is 89.8 Å². The number of amides is 1. The van der Waals surface area contributed by atoms with Gasteiger partial charge >= 0.3 is 0 Å². The van der Waals surface area contributed by atoms with Gasteiger partial charge in [0, 0.05) is 24.5 Å². The Balaban J connectivity index is 0.00000220. The van der Waals surface area contributed by atoms with Crippen LogP contribution in [0.3, 0.4) is 0 Å². The van der Waals surface area contributed by atoms with E-state index < -0.39 is 15.9 Å². The molecule has 1 aliphatic heterocycles. The first-order chi connectivity index (χ1) is 18.5. The van der Waals surface area contributed by atoms with E-state index in [1.54, 1.807) is 30.3 Å². The van der Waals surface area contributed by atoms with E-state index in [4.69, 9.17) is 4.74 Å². The van der Waals surface area contributed by atoms with E-state index in [0.717, 1.165) is 43.8 Å². The van der Waals surface area contributed by atoms with Crippen molar-refractivity contribution in [2.45, 2.75) is 48.6 Å². The Morgan fingerprint density at radius 2 is 1.50 bits per heavy atom. The number of benzene rings is 3. The van der Waals surface area contributed by atoms with Crippen molar-refractivity contribution in [1.82, 2.24) is 14.9 Å². The fourth-order valence-electron chi connectivity index (χ4n) is 5.10. The van der Waals surface area contributed by atoms with Crippen molar-refractivity contribution in [3.8, 4) is 5.75 Å². The zero-order valence-electron chi connectivity index (χ0n) is 22.3. The van der Waals surface area contributed by atoms with E-state index in [9.17, 15) is 13.2 Å². The molecule has 5 rings (SSSR count). The fraction of sp³-hybridized carbons (Fsp3) is 0.367. The molecule has 1 aliphatic carbocycles. The lowest BCUT2D eigenvalue weighted by Crippen LogP contribution is -2.44. The minimum Gasteiger partial charge on any atom is -0.492 e. The van der Waals surface area contributed by atoms with Gasteiger partial charge in [-0.15, -0.1) is 24.8 Å². The summed E-state index contributed by atoms with van der Waals surface area (Å²) in [6.07, 6.45) is 3.54. The zero-order valence-corrected chi connectivity index (χ0v) is 24.7. The van der Waals surface area contributed by atoms with E-state index in [0.29, 0.717) is 24.6 Å². The Morgan fingerprint density at radius 3 is 2.15 bits per heavy atom. The van der Waals surface area contributed by atoms with Crippen LogP contribution in [0.5, 0.6) is 5.75 Å². The number of hydrogen-bond donors (Lipinski definition) is 2. The predicted octanol–water partition coefficient (Wildman–Crippen LogP) is 4.57. The molecule has 1 saturated carbocycles. The van der Waals surface area contributed by atoms with Crippen LogP contribution in [0.1, 0.15) is 36.3 Å². The molecule has 1 amide bonds. The smallest absolute Gasteiger partial charge is 0.264 e. The highest BCUT2D eigenvalue weighted by Gasteiger charge is 2.39. The molecule has 2 fully saturated rings. The standard InChI is InChI=1S/C30H35N3O4S.2ClH/c34-30(32-38(35,36)27-9-5-2-6-10-27)21-23-11-13-26(14-12-23)37-20-19-33-17-15-25(16-18-33)31-29-22-28(29)24-7-3-1-4-8-24;;/h1-14,25,28-29,31H,15-22H2,(H,32,34);2*1H/t28-,29+;;/m0../s1. The molecule has 1 heterocycles. The number of sulfonamides is 1. The number of rotatable bonds is 11. The third kappa shape index (κ3) is 8.94. The van der Waals surface area contributed by atoms with Crippen LogP contribution in [0.4, 0.5) is 0 Å². The van der Waals surface area contributed by atoms with E-state index >= 15 is 0 Å². The van der Waals surface area contributed by atoms with E-state index in [-0.39, 0.29) is 36.1 Å². The summed E-state index contributed by atoms with van der Waals surface area (Å²) in [7, 11) is -3.86. The first kappa shape index (κ1) is 31.9. The highest BCUT2D eigenvalue weighted by Crippen LogP contribution is 2.41. The van der Waals surface area contributed by atoms with Crippen molar-refractivity contribution in [2.75, 3.05) is 26.2 Å². The number of halogens is 2. The summed E-state index contributed by atoms with van der Waals surface area (Å²) < 4.78 is 32.7. The van der Waals surface area contributed by atoms with Crippen LogP contribution in [0.2, 0.25) is 0 Å². The molecule has 0 unspecified atom stereocenters. The second-order valence-corrected chi connectivity index (χ2v) is 11.8. The Morgan fingerprint density at radius 1 is 0.875 bits per heavy atom. The number of nitrogens with one attached hydrogen (secondary N) is 2. The Kier molecular flexibility index (Phi) is 11.8. The number of hydrogen-bond acceptors (Lipinski definition) is 6. The molecule has 2 N–H and O–H groups in total. The van der Waals surface area contributed by atoms with Crippen LogP contribution in [0.25, 0.3) is 0 Å². The molecule has 40 heavy (non-hydrogen) atoms. The lowest BCUT2D eigenvalue weighted by molar-refractivity contribution is -0.118. The number of nitrogens with zero attached hydrogens (tertiary/aromatic N) is 1. The van der Waals surface area contributed by atoms with Gasteiger partial charge in [-0.3, -0.25) is 9.69 Å². The van der Waals surface area contributed by atoms with Gasteiger partial charge in [0.15, 0.2) is 0 Å². The fourth-order valence-corrected chi connectivity index (χ4v) is 6.11. The number of ether oxygens (including phenoxy) is 1. The molecular weight excluding hydrogens is 569 g/mol. The van der Waals surface area contributed by atoms with Crippen LogP contribution < -0.4 is 14.8 Å². The first-order valence-electron chi connectivity index (χ1n) is 13.3. The van der Waals surface area contributed by atoms with E-state index in [1.165, 1.54) is 24.1 Å². The maximum absolute atomic E-state index is 12.3. The quantitative estimate of drug-likeness (QED) is 0.333. The Hall–Kier alpha value is -2.62. The molecule has 3 aromatic carbocycles. The second-order valence-electron chi connectivity index (χ2n) is 10.2. The third-order valence-corrected chi connectivity index (χ3v) is 8.71. The number of likely N-dealkylation sites (tertiary alicyclic amines) is 1. The minimum absolute atomic E-state index is 0. The van der Waals surface area contributed by atoms with Crippen molar-refractivity contribution in [2.24, 2.45) is 0 Å². The number of carbonyl (C=O) groups is 1. The van der Waals surface area contributed by atoms with Gasteiger partial charge in [-0.2, -0.15) is 0 Å². The molecule has 3 aromatic rings. The van der Waals surface area contributed by atoms with Crippen LogP contribution in [0, 0.1) is 0 Å². The summed E-state index contributed by atoms with van der Waals surface area (Å²) in [6, 6.07) is 27.1. The second kappa shape index (κ2) is 14.8. The monoisotopic (exact) mass is 605 g/mol. The van der Waals surface area contributed by atoms with Crippen molar-refractivity contribution in [1.29, 1.82) is 0 Å². The average molecular weight is 607 g/mol. The van der Waals surface area contributed by atoms with E-state index in [2.05, 4.69) is 45.3 Å². The SMILES string of the molecule is Cl.Cl.O=C(Cc1ccc(OCCN2CCC(N[C@@H]3C[C@H]3c3ccccc3)CC2)cc1)NS(=O)(=O)c1ccccc1. The van der Waals surface area contributed by atoms with Gasteiger partial charge < -0.3 is 10.1 Å². The van der Waals surface area contributed by atoms with Crippen LogP contribution in [-0.2, 0) is 21.2 Å². The highest BCUT2D eigenvalue weighted by molar-refractivity contribution is 7.90. The van der Waals surface area contributed by atoms with Crippen LogP contribution >= 0.6 is 24.8 Å². The number of piperidine rings is 1. The van der Waals surface area contributed by atoms with Gasteiger partial charge in [0.1, 0.15) is 12.4 Å². The Labute approximate surface area is 249 Å². The van der Waals surface area contributed by atoms with Gasteiger partial charge in [0.2, 0.25) is 5.91 Å².